The lowest BCUT2D eigenvalue weighted by Crippen LogP contribution is -2.14. The number of nitro benzene ring substituents is 1. The predicted molar refractivity (Wildman–Crippen MR) is 109 cm³/mol. The Morgan fingerprint density at radius 2 is 1.93 bits per heavy atom. The SMILES string of the molecule is O=[N+]([O-])c1cccc(-c2csc(=NCc3cccnc3)n2-c2ccccc2)c1. The van der Waals surface area contributed by atoms with Crippen molar-refractivity contribution >= 4 is 17.0 Å². The number of rotatable bonds is 5. The molecule has 4 rings (SSSR count). The van der Waals surface area contributed by atoms with Gasteiger partial charge in [-0.05, 0) is 23.8 Å². The van der Waals surface area contributed by atoms with Gasteiger partial charge in [0.15, 0.2) is 4.80 Å². The molecule has 6 nitrogen and oxygen atoms in total. The second-order valence-corrected chi connectivity index (χ2v) is 6.90. The molecule has 2 heterocycles. The lowest BCUT2D eigenvalue weighted by Gasteiger charge is -2.09. The van der Waals surface area contributed by atoms with E-state index in [0.29, 0.717) is 6.54 Å². The Labute approximate surface area is 165 Å². The number of thiazole rings is 1. The van der Waals surface area contributed by atoms with Crippen molar-refractivity contribution in [1.82, 2.24) is 9.55 Å². The first-order valence-electron chi connectivity index (χ1n) is 8.62. The summed E-state index contributed by atoms with van der Waals surface area (Å²) in [5, 5.41) is 13.2. The van der Waals surface area contributed by atoms with E-state index in [9.17, 15) is 10.1 Å². The minimum Gasteiger partial charge on any atom is -0.285 e. The number of nitrogens with zero attached hydrogens (tertiary/aromatic N) is 4. The third kappa shape index (κ3) is 3.74. The van der Waals surface area contributed by atoms with Gasteiger partial charge in [-0.2, -0.15) is 0 Å². The van der Waals surface area contributed by atoms with E-state index in [4.69, 9.17) is 4.99 Å². The highest BCUT2D eigenvalue weighted by Gasteiger charge is 2.13. The van der Waals surface area contributed by atoms with Crippen molar-refractivity contribution in [3.8, 4) is 16.9 Å². The molecule has 2 aromatic heterocycles. The highest BCUT2D eigenvalue weighted by molar-refractivity contribution is 7.07. The van der Waals surface area contributed by atoms with E-state index in [1.54, 1.807) is 24.5 Å². The van der Waals surface area contributed by atoms with Gasteiger partial charge in [0.2, 0.25) is 0 Å². The van der Waals surface area contributed by atoms with Crippen LogP contribution in [0.1, 0.15) is 5.56 Å². The maximum absolute atomic E-state index is 11.2. The van der Waals surface area contributed by atoms with Crippen LogP contribution in [-0.4, -0.2) is 14.5 Å². The molecule has 0 N–H and O–H groups in total. The maximum atomic E-state index is 11.2. The van der Waals surface area contributed by atoms with E-state index in [1.165, 1.54) is 17.4 Å². The molecule has 2 aromatic carbocycles. The number of hydrogen-bond donors (Lipinski definition) is 0. The van der Waals surface area contributed by atoms with Crippen molar-refractivity contribution in [3.63, 3.8) is 0 Å². The molecule has 0 fully saturated rings. The number of pyridine rings is 1. The van der Waals surface area contributed by atoms with Crippen molar-refractivity contribution in [2.75, 3.05) is 0 Å². The van der Waals surface area contributed by atoms with Crippen LogP contribution in [0.5, 0.6) is 0 Å². The number of non-ortho nitro benzene ring substituents is 1. The second-order valence-electron chi connectivity index (χ2n) is 6.06. The zero-order valence-corrected chi connectivity index (χ0v) is 15.6. The van der Waals surface area contributed by atoms with Gasteiger partial charge in [0.25, 0.3) is 5.69 Å². The van der Waals surface area contributed by atoms with E-state index >= 15 is 0 Å². The number of benzene rings is 2. The van der Waals surface area contributed by atoms with Crippen LogP contribution in [0.4, 0.5) is 5.69 Å². The summed E-state index contributed by atoms with van der Waals surface area (Å²) in [6, 6.07) is 20.4. The van der Waals surface area contributed by atoms with Gasteiger partial charge in [-0.15, -0.1) is 11.3 Å². The topological polar surface area (TPSA) is 73.3 Å². The number of aromatic nitrogens is 2. The molecule has 138 valence electrons. The molecule has 0 aliphatic carbocycles. The standard InChI is InChI=1S/C21H16N4O2S/c26-25(27)19-10-4-7-17(12-19)20-15-28-21(23-14-16-6-5-11-22-13-16)24(20)18-8-2-1-3-9-18/h1-13,15H,14H2. The lowest BCUT2D eigenvalue weighted by molar-refractivity contribution is -0.384. The fourth-order valence-corrected chi connectivity index (χ4v) is 3.78. The highest BCUT2D eigenvalue weighted by Crippen LogP contribution is 2.26. The van der Waals surface area contributed by atoms with E-state index in [2.05, 4.69) is 4.98 Å². The molecule has 28 heavy (non-hydrogen) atoms. The van der Waals surface area contributed by atoms with Gasteiger partial charge in [0.05, 0.1) is 17.2 Å². The van der Waals surface area contributed by atoms with Crippen molar-refractivity contribution in [3.05, 3.63) is 105 Å². The van der Waals surface area contributed by atoms with Crippen LogP contribution >= 0.6 is 11.3 Å². The largest absolute Gasteiger partial charge is 0.285 e. The average Bonchev–Trinajstić information content (AvgIpc) is 3.18. The van der Waals surface area contributed by atoms with Gasteiger partial charge in [0.1, 0.15) is 0 Å². The molecule has 4 aromatic rings. The molecule has 0 saturated carbocycles. The second kappa shape index (κ2) is 7.98. The quantitative estimate of drug-likeness (QED) is 0.370. The molecule has 0 atom stereocenters. The predicted octanol–water partition coefficient (Wildman–Crippen LogP) is 4.61. The molecular weight excluding hydrogens is 372 g/mol. The summed E-state index contributed by atoms with van der Waals surface area (Å²) in [4.78, 5) is 20.5. The summed E-state index contributed by atoms with van der Waals surface area (Å²) in [6.45, 7) is 0.509. The van der Waals surface area contributed by atoms with E-state index in [-0.39, 0.29) is 10.6 Å². The summed E-state index contributed by atoms with van der Waals surface area (Å²) < 4.78 is 2.03. The Morgan fingerprint density at radius 1 is 1.07 bits per heavy atom. The lowest BCUT2D eigenvalue weighted by atomic mass is 10.1. The van der Waals surface area contributed by atoms with Crippen molar-refractivity contribution < 1.29 is 4.92 Å². The molecule has 0 amide bonds. The molecule has 0 spiro atoms. The van der Waals surface area contributed by atoms with Crippen LogP contribution in [-0.2, 0) is 6.54 Å². The van der Waals surface area contributed by atoms with Crippen LogP contribution in [0.15, 0.2) is 89.5 Å². The summed E-state index contributed by atoms with van der Waals surface area (Å²) >= 11 is 1.51. The van der Waals surface area contributed by atoms with Gasteiger partial charge in [-0.1, -0.05) is 36.4 Å². The molecular formula is C21H16N4O2S. The molecule has 0 aliphatic heterocycles. The van der Waals surface area contributed by atoms with Crippen LogP contribution in [0.25, 0.3) is 16.9 Å². The normalized spacial score (nSPS) is 11.5. The monoisotopic (exact) mass is 388 g/mol. The number of para-hydroxylation sites is 1. The summed E-state index contributed by atoms with van der Waals surface area (Å²) in [6.07, 6.45) is 3.53. The van der Waals surface area contributed by atoms with Gasteiger partial charge < -0.3 is 0 Å². The Balaban J connectivity index is 1.85. The van der Waals surface area contributed by atoms with Crippen molar-refractivity contribution in [2.24, 2.45) is 4.99 Å². The number of nitro groups is 1. The minimum atomic E-state index is -0.379. The fraction of sp³-hybridized carbons (Fsp3) is 0.0476. The number of hydrogen-bond acceptors (Lipinski definition) is 5. The average molecular weight is 388 g/mol. The first kappa shape index (κ1) is 17.8. The van der Waals surface area contributed by atoms with Crippen LogP contribution in [0.2, 0.25) is 0 Å². The van der Waals surface area contributed by atoms with Gasteiger partial charge in [-0.25, -0.2) is 0 Å². The Bertz CT molecular complexity index is 1170. The van der Waals surface area contributed by atoms with Gasteiger partial charge >= 0.3 is 0 Å². The third-order valence-corrected chi connectivity index (χ3v) is 5.06. The van der Waals surface area contributed by atoms with Crippen LogP contribution in [0.3, 0.4) is 0 Å². The molecule has 0 saturated heterocycles. The van der Waals surface area contributed by atoms with E-state index in [0.717, 1.165) is 27.3 Å². The smallest absolute Gasteiger partial charge is 0.270 e. The van der Waals surface area contributed by atoms with Crippen molar-refractivity contribution in [2.45, 2.75) is 6.54 Å². The van der Waals surface area contributed by atoms with E-state index < -0.39 is 0 Å². The van der Waals surface area contributed by atoms with Crippen LogP contribution in [0, 0.1) is 10.1 Å². The Kier molecular flexibility index (Phi) is 5.07. The molecule has 7 heteroatoms. The first-order valence-corrected chi connectivity index (χ1v) is 9.50. The molecule has 0 bridgehead atoms. The maximum Gasteiger partial charge on any atom is 0.270 e. The molecule has 0 unspecified atom stereocenters. The first-order chi connectivity index (χ1) is 13.7. The molecule has 0 aliphatic rings. The Morgan fingerprint density at radius 3 is 2.68 bits per heavy atom. The zero-order valence-electron chi connectivity index (χ0n) is 14.8. The highest BCUT2D eigenvalue weighted by atomic mass is 32.1. The van der Waals surface area contributed by atoms with Crippen LogP contribution < -0.4 is 4.80 Å². The summed E-state index contributed by atoms with van der Waals surface area (Å²) in [5.41, 5.74) is 3.68. The zero-order chi connectivity index (χ0) is 19.3. The minimum absolute atomic E-state index is 0.0668. The van der Waals surface area contributed by atoms with Gasteiger partial charge in [-0.3, -0.25) is 24.7 Å². The van der Waals surface area contributed by atoms with Crippen molar-refractivity contribution in [1.29, 1.82) is 0 Å². The Hall–Kier alpha value is -3.58. The van der Waals surface area contributed by atoms with Gasteiger partial charge in [0, 0.05) is 41.2 Å². The third-order valence-electron chi connectivity index (χ3n) is 4.19. The summed E-state index contributed by atoms with van der Waals surface area (Å²) in [7, 11) is 0. The molecule has 0 radical (unpaired) electrons. The van der Waals surface area contributed by atoms with E-state index in [1.807, 2.05) is 58.5 Å². The fourth-order valence-electron chi connectivity index (χ4n) is 2.88. The summed E-state index contributed by atoms with van der Waals surface area (Å²) in [5.74, 6) is 0.